The quantitative estimate of drug-likeness (QED) is 0.500. The first-order valence-corrected chi connectivity index (χ1v) is 14.4. The molecule has 192 valence electrons. The monoisotopic (exact) mass is 511 g/mol. The molecule has 2 aliphatic rings. The van der Waals surface area contributed by atoms with Gasteiger partial charge in [-0.2, -0.15) is 5.10 Å². The smallest absolute Gasteiger partial charge is 0.251 e. The minimum Gasteiger partial charge on any atom is -0.381 e. The van der Waals surface area contributed by atoms with Crippen molar-refractivity contribution in [1.29, 1.82) is 0 Å². The minimum absolute atomic E-state index is 0.165. The van der Waals surface area contributed by atoms with Crippen LogP contribution >= 0.6 is 0 Å². The number of ether oxygens (including phenoxy) is 1. The first-order valence-electron chi connectivity index (χ1n) is 12.8. The Morgan fingerprint density at radius 3 is 2.78 bits per heavy atom. The van der Waals surface area contributed by atoms with E-state index in [4.69, 9.17) is 9.72 Å². The van der Waals surface area contributed by atoms with E-state index in [1.165, 1.54) is 0 Å². The molecule has 0 unspecified atom stereocenters. The fourth-order valence-corrected chi connectivity index (χ4v) is 6.73. The van der Waals surface area contributed by atoms with Gasteiger partial charge < -0.3 is 15.4 Å². The fourth-order valence-electron chi connectivity index (χ4n) is 5.15. The molecule has 2 N–H and O–H groups in total. The maximum Gasteiger partial charge on any atom is 0.251 e. The predicted molar refractivity (Wildman–Crippen MR) is 138 cm³/mol. The zero-order valence-electron chi connectivity index (χ0n) is 20.8. The normalized spacial score (nSPS) is 17.6. The van der Waals surface area contributed by atoms with E-state index in [1.807, 2.05) is 17.8 Å². The molecule has 0 saturated carbocycles. The molecule has 2 aromatic heterocycles. The Morgan fingerprint density at radius 2 is 2.03 bits per heavy atom. The molecule has 0 radical (unpaired) electrons. The molecule has 1 aromatic carbocycles. The molecule has 5 rings (SSSR count). The van der Waals surface area contributed by atoms with Gasteiger partial charge in [-0.1, -0.05) is 6.92 Å². The molecule has 1 fully saturated rings. The Kier molecular flexibility index (Phi) is 6.98. The molecular weight excluding hydrogens is 478 g/mol. The molecule has 10 heteroatoms. The number of carbonyl (C=O) groups excluding carboxylic acids is 1. The molecule has 0 atom stereocenters. The maximum absolute atomic E-state index is 13.1. The van der Waals surface area contributed by atoms with E-state index in [0.717, 1.165) is 72.6 Å². The van der Waals surface area contributed by atoms with Crippen molar-refractivity contribution < 1.29 is 17.9 Å². The lowest BCUT2D eigenvalue weighted by Gasteiger charge is -2.26. The molecule has 0 spiro atoms. The molecule has 1 saturated heterocycles. The first kappa shape index (κ1) is 24.7. The summed E-state index contributed by atoms with van der Waals surface area (Å²) in [5.41, 5.74) is 4.89. The van der Waals surface area contributed by atoms with Crippen LogP contribution < -0.4 is 10.6 Å². The number of nitrogens with one attached hydrogen (secondary N) is 2. The van der Waals surface area contributed by atoms with Crippen LogP contribution in [0.3, 0.4) is 0 Å². The van der Waals surface area contributed by atoms with Gasteiger partial charge in [-0.25, -0.2) is 18.1 Å². The van der Waals surface area contributed by atoms with Crippen molar-refractivity contribution in [3.63, 3.8) is 0 Å². The number of anilines is 1. The number of sulfone groups is 1. The summed E-state index contributed by atoms with van der Waals surface area (Å²) in [5.74, 6) is -0.0672. The number of rotatable bonds is 7. The van der Waals surface area contributed by atoms with Crippen LogP contribution in [0.15, 0.2) is 29.3 Å². The summed E-state index contributed by atoms with van der Waals surface area (Å²) in [5, 5.41) is 12.3. The maximum atomic E-state index is 13.1. The van der Waals surface area contributed by atoms with Gasteiger partial charge >= 0.3 is 0 Å². The van der Waals surface area contributed by atoms with E-state index in [9.17, 15) is 13.2 Å². The summed E-state index contributed by atoms with van der Waals surface area (Å²) in [6, 6.07) is 5.17. The average Bonchev–Trinajstić information content (AvgIpc) is 3.30. The van der Waals surface area contributed by atoms with Crippen LogP contribution in [0, 0.1) is 0 Å². The molecule has 0 bridgehead atoms. The van der Waals surface area contributed by atoms with Gasteiger partial charge in [0.05, 0.1) is 27.9 Å². The second-order valence-corrected chi connectivity index (χ2v) is 11.5. The van der Waals surface area contributed by atoms with Gasteiger partial charge in [-0.15, -0.1) is 0 Å². The highest BCUT2D eigenvalue weighted by Crippen LogP contribution is 2.31. The summed E-state index contributed by atoms with van der Waals surface area (Å²) < 4.78 is 32.1. The predicted octanol–water partition coefficient (Wildman–Crippen LogP) is 3.25. The van der Waals surface area contributed by atoms with Crippen molar-refractivity contribution in [1.82, 2.24) is 20.1 Å². The van der Waals surface area contributed by atoms with Crippen molar-refractivity contribution in [2.45, 2.75) is 70.0 Å². The van der Waals surface area contributed by atoms with Gasteiger partial charge in [0.2, 0.25) is 0 Å². The Labute approximate surface area is 211 Å². The second kappa shape index (κ2) is 10.2. The molecule has 9 nitrogen and oxygen atoms in total. The number of hydrogen-bond acceptors (Lipinski definition) is 7. The van der Waals surface area contributed by atoms with Crippen molar-refractivity contribution in [3.8, 4) is 0 Å². The van der Waals surface area contributed by atoms with E-state index in [2.05, 4.69) is 22.7 Å². The van der Waals surface area contributed by atoms with Gasteiger partial charge in [0.1, 0.15) is 0 Å². The third-order valence-electron chi connectivity index (χ3n) is 7.12. The van der Waals surface area contributed by atoms with E-state index >= 15 is 0 Å². The fraction of sp³-hybridized carbons (Fsp3) is 0.500. The molecule has 36 heavy (non-hydrogen) atoms. The van der Waals surface area contributed by atoms with Gasteiger partial charge in [0, 0.05) is 49.2 Å². The molecule has 1 amide bonds. The van der Waals surface area contributed by atoms with E-state index in [1.54, 1.807) is 18.2 Å². The van der Waals surface area contributed by atoms with Crippen molar-refractivity contribution in [2.24, 2.45) is 0 Å². The number of amides is 1. The molecule has 2 aliphatic heterocycles. The number of carbonyl (C=O) groups is 1. The summed E-state index contributed by atoms with van der Waals surface area (Å²) in [6.07, 6.45) is 5.64. The largest absolute Gasteiger partial charge is 0.381 e. The van der Waals surface area contributed by atoms with Gasteiger partial charge in [-0.05, 0) is 62.8 Å². The lowest BCUT2D eigenvalue weighted by atomic mass is 10.0. The van der Waals surface area contributed by atoms with Gasteiger partial charge in [0.25, 0.3) is 5.91 Å². The Bertz CT molecular complexity index is 1390. The van der Waals surface area contributed by atoms with Crippen molar-refractivity contribution in [3.05, 3.63) is 46.8 Å². The number of nitrogens with zero attached hydrogens (tertiary/aromatic N) is 3. The number of aryl methyl sites for hydroxylation is 3. The van der Waals surface area contributed by atoms with E-state index in [-0.39, 0.29) is 17.7 Å². The topological polar surface area (TPSA) is 115 Å². The SMILES string of the molecule is CCc1nc2c(cnn2CC)c(NC2CCOCC2)c1CNC(=O)c1ccc2c(c1)CCCS2(=O)=O. The van der Waals surface area contributed by atoms with Crippen LogP contribution in [0.2, 0.25) is 0 Å². The van der Waals surface area contributed by atoms with Crippen LogP contribution in [0.1, 0.15) is 60.3 Å². The van der Waals surface area contributed by atoms with Crippen LogP contribution in [0.4, 0.5) is 5.69 Å². The first-order chi connectivity index (χ1) is 17.4. The number of fused-ring (bicyclic) bond motifs is 2. The van der Waals surface area contributed by atoms with Gasteiger partial charge in [-0.3, -0.25) is 4.79 Å². The zero-order valence-corrected chi connectivity index (χ0v) is 21.7. The second-order valence-electron chi connectivity index (χ2n) is 9.42. The highest BCUT2D eigenvalue weighted by atomic mass is 32.2. The molecule has 4 heterocycles. The Hall–Kier alpha value is -2.98. The Balaban J connectivity index is 1.45. The molecule has 0 aliphatic carbocycles. The van der Waals surface area contributed by atoms with Crippen LogP contribution in [0.25, 0.3) is 11.0 Å². The van der Waals surface area contributed by atoms with Crippen molar-refractivity contribution in [2.75, 3.05) is 24.3 Å². The number of hydrogen-bond donors (Lipinski definition) is 2. The summed E-state index contributed by atoms with van der Waals surface area (Å²) >= 11 is 0. The summed E-state index contributed by atoms with van der Waals surface area (Å²) in [7, 11) is -3.25. The van der Waals surface area contributed by atoms with Crippen LogP contribution in [-0.2, 0) is 40.5 Å². The third kappa shape index (κ3) is 4.71. The minimum atomic E-state index is -3.25. The highest BCUT2D eigenvalue weighted by molar-refractivity contribution is 7.91. The zero-order chi connectivity index (χ0) is 25.3. The average molecular weight is 512 g/mol. The van der Waals surface area contributed by atoms with E-state index < -0.39 is 9.84 Å². The lowest BCUT2D eigenvalue weighted by molar-refractivity contribution is 0.0904. The van der Waals surface area contributed by atoms with E-state index in [0.29, 0.717) is 29.8 Å². The standard InChI is InChI=1S/C26H33N5O4S/c1-3-22-20(15-27-26(32)18-7-8-23-17(14-18)6-5-13-36(23,33)34)24(29-19-9-11-35-12-10-19)21-16-28-31(4-2)25(21)30-22/h7-8,14,16,19H,3-6,9-13,15H2,1-2H3,(H,27,32)(H,29,30). The number of pyridine rings is 1. The summed E-state index contributed by atoms with van der Waals surface area (Å²) in [4.78, 5) is 18.4. The third-order valence-corrected chi connectivity index (χ3v) is 9.01. The molecular formula is C26H33N5O4S. The summed E-state index contributed by atoms with van der Waals surface area (Å²) in [6.45, 7) is 6.59. The Morgan fingerprint density at radius 1 is 1.22 bits per heavy atom. The van der Waals surface area contributed by atoms with Gasteiger partial charge in [0.15, 0.2) is 15.5 Å². The van der Waals surface area contributed by atoms with Crippen LogP contribution in [0.5, 0.6) is 0 Å². The highest BCUT2D eigenvalue weighted by Gasteiger charge is 2.25. The van der Waals surface area contributed by atoms with Crippen molar-refractivity contribution >= 4 is 32.5 Å². The number of benzene rings is 1. The lowest BCUT2D eigenvalue weighted by Crippen LogP contribution is -2.30. The number of aromatic nitrogens is 3. The molecule has 3 aromatic rings. The van der Waals surface area contributed by atoms with Crippen LogP contribution in [-0.4, -0.2) is 54.1 Å².